The first-order valence-electron chi connectivity index (χ1n) is 19.3. The van der Waals surface area contributed by atoms with Crippen LogP contribution in [0.4, 0.5) is 0 Å². The first kappa shape index (κ1) is 35.9. The van der Waals surface area contributed by atoms with Gasteiger partial charge in [0.2, 0.25) is 0 Å². The van der Waals surface area contributed by atoms with Gasteiger partial charge in [-0.1, -0.05) is 63.7 Å². The second kappa shape index (κ2) is 14.7. The molecule has 0 spiro atoms. The lowest BCUT2D eigenvalue weighted by Gasteiger charge is -2.47. The molecule has 268 valence electrons. The normalized spacial score (nSPS) is 39.6. The average Bonchev–Trinajstić information content (AvgIpc) is 3.81. The van der Waals surface area contributed by atoms with Crippen molar-refractivity contribution in [1.29, 1.82) is 0 Å². The number of carbonyl (C=O) groups is 3. The summed E-state index contributed by atoms with van der Waals surface area (Å²) in [6.07, 6.45) is 18.0. The second-order valence-electron chi connectivity index (χ2n) is 16.2. The number of piperidine rings is 1. The topological polar surface area (TPSA) is 143 Å². The molecule has 0 radical (unpaired) electrons. The van der Waals surface area contributed by atoms with E-state index in [2.05, 4.69) is 43.6 Å². The fourth-order valence-corrected chi connectivity index (χ4v) is 10.6. The summed E-state index contributed by atoms with van der Waals surface area (Å²) in [5.41, 5.74) is 4.73. The first-order valence-corrected chi connectivity index (χ1v) is 19.3. The van der Waals surface area contributed by atoms with Crippen molar-refractivity contribution in [3.63, 3.8) is 0 Å². The molecule has 0 bridgehead atoms. The summed E-state index contributed by atoms with van der Waals surface area (Å²) >= 11 is 0. The van der Waals surface area contributed by atoms with E-state index in [4.69, 9.17) is 15.2 Å². The van der Waals surface area contributed by atoms with E-state index in [9.17, 15) is 19.5 Å². The van der Waals surface area contributed by atoms with Crippen molar-refractivity contribution < 1.29 is 29.0 Å². The molecule has 0 aromatic rings. The number of aliphatic hydroxyl groups is 1. The van der Waals surface area contributed by atoms with Gasteiger partial charge in [-0.25, -0.2) is 4.79 Å². The van der Waals surface area contributed by atoms with Gasteiger partial charge in [-0.05, 0) is 101 Å². The fourth-order valence-electron chi connectivity index (χ4n) is 10.6. The van der Waals surface area contributed by atoms with Crippen LogP contribution in [0, 0.1) is 35.0 Å². The molecule has 9 heteroatoms. The number of rotatable bonds is 12. The minimum Gasteiger partial charge on any atom is -0.463 e. The summed E-state index contributed by atoms with van der Waals surface area (Å²) in [5, 5.41) is 17.8. The summed E-state index contributed by atoms with van der Waals surface area (Å²) in [6.45, 7) is 7.93. The Bertz CT molecular complexity index is 1270. The van der Waals surface area contributed by atoms with Gasteiger partial charge >= 0.3 is 5.97 Å². The smallest absolute Gasteiger partial charge is 0.350 e. The number of fused-ring (bicyclic) bond motifs is 2. The van der Waals surface area contributed by atoms with Crippen molar-refractivity contribution in [2.45, 2.75) is 140 Å². The van der Waals surface area contributed by atoms with E-state index in [0.29, 0.717) is 24.7 Å². The number of carbonyl (C=O) groups excluding carboxylic acids is 3. The standard InChI is InChI=1S/C39H61N3O6/c1-4-26-13-14-32(41-5-2)27(19-26)24-47-36(46)39-35(45)31-12-8-7-11-30(31)34(44)38(39,48-39)22-28(23-43)25(3)21-37(16-9-6-10-17-37)29-15-18-42-33(40)20-29/h13-14,26-27,29-33,41-43H,4-12,15-24,40H2,1-3H3. The lowest BCUT2D eigenvalue weighted by atomic mass is 9.59. The van der Waals surface area contributed by atoms with Crippen molar-refractivity contribution in [2.75, 3.05) is 26.3 Å². The molecule has 3 saturated carbocycles. The summed E-state index contributed by atoms with van der Waals surface area (Å²) < 4.78 is 12.4. The molecule has 6 rings (SSSR count). The lowest BCUT2D eigenvalue weighted by molar-refractivity contribution is -0.160. The van der Waals surface area contributed by atoms with Crippen molar-refractivity contribution >= 4 is 17.5 Å². The quantitative estimate of drug-likeness (QED) is 0.0989. The van der Waals surface area contributed by atoms with Gasteiger partial charge < -0.3 is 30.9 Å². The molecule has 0 aromatic heterocycles. The number of epoxide rings is 1. The van der Waals surface area contributed by atoms with Gasteiger partial charge in [-0.15, -0.1) is 0 Å². The van der Waals surface area contributed by atoms with E-state index < -0.39 is 29.0 Å². The van der Waals surface area contributed by atoms with Crippen LogP contribution in [0.1, 0.15) is 117 Å². The number of hydrogen-bond donors (Lipinski definition) is 4. The van der Waals surface area contributed by atoms with Gasteiger partial charge in [-0.3, -0.25) is 9.59 Å². The van der Waals surface area contributed by atoms with Crippen LogP contribution < -0.4 is 16.4 Å². The van der Waals surface area contributed by atoms with Crippen LogP contribution in [-0.4, -0.2) is 72.4 Å². The van der Waals surface area contributed by atoms with Crippen molar-refractivity contribution in [3.8, 4) is 0 Å². The monoisotopic (exact) mass is 667 g/mol. The largest absolute Gasteiger partial charge is 0.463 e. The highest BCUT2D eigenvalue weighted by Crippen LogP contribution is 2.62. The van der Waals surface area contributed by atoms with Crippen molar-refractivity contribution in [2.24, 2.45) is 40.7 Å². The van der Waals surface area contributed by atoms with Crippen LogP contribution in [0.3, 0.4) is 0 Å². The maximum atomic E-state index is 14.5. The zero-order chi connectivity index (χ0) is 34.1. The molecular weight excluding hydrogens is 606 g/mol. The van der Waals surface area contributed by atoms with Crippen LogP contribution in [-0.2, 0) is 23.9 Å². The Morgan fingerprint density at radius 3 is 2.42 bits per heavy atom. The zero-order valence-corrected chi connectivity index (χ0v) is 29.7. The highest BCUT2D eigenvalue weighted by Gasteiger charge is 2.87. The molecule has 5 fully saturated rings. The minimum absolute atomic E-state index is 0.00522. The van der Waals surface area contributed by atoms with Gasteiger partial charge in [0.05, 0.1) is 19.4 Å². The van der Waals surface area contributed by atoms with E-state index in [1.807, 2.05) is 0 Å². The number of esters is 1. The molecule has 9 atom stereocenters. The summed E-state index contributed by atoms with van der Waals surface area (Å²) in [4.78, 5) is 43.1. The summed E-state index contributed by atoms with van der Waals surface area (Å²) in [5.74, 6) is -1.13. The molecule has 0 aromatic carbocycles. The van der Waals surface area contributed by atoms with E-state index in [-0.39, 0.29) is 54.7 Å². The van der Waals surface area contributed by atoms with E-state index in [0.717, 1.165) is 82.0 Å². The predicted octanol–water partition coefficient (Wildman–Crippen LogP) is 4.90. The number of hydrogen-bond acceptors (Lipinski definition) is 9. The fraction of sp³-hybridized carbons (Fsp3) is 0.821. The SMILES string of the molecule is CCNC1C=CC(CC)CC1COC(=O)C12OC1(CC(CO)=C(C)CC1(C3CCNC(N)C3)CCCCC1)C(=O)C1CCCCC1C2=O. The highest BCUT2D eigenvalue weighted by molar-refractivity contribution is 6.23. The third kappa shape index (κ3) is 6.40. The molecule has 9 nitrogen and oxygen atoms in total. The second-order valence-corrected chi connectivity index (χ2v) is 16.2. The zero-order valence-electron chi connectivity index (χ0n) is 29.7. The van der Waals surface area contributed by atoms with E-state index in [1.54, 1.807) is 0 Å². The third-order valence-corrected chi connectivity index (χ3v) is 13.5. The molecule has 5 N–H and O–H groups in total. The lowest BCUT2D eigenvalue weighted by Crippen LogP contribution is -2.58. The number of likely N-dealkylation sites (N-methyl/N-ethyl adjacent to an activating group) is 1. The Morgan fingerprint density at radius 1 is 1.02 bits per heavy atom. The predicted molar refractivity (Wildman–Crippen MR) is 185 cm³/mol. The van der Waals surface area contributed by atoms with Crippen molar-refractivity contribution in [1.82, 2.24) is 10.6 Å². The van der Waals surface area contributed by atoms with Gasteiger partial charge in [0.15, 0.2) is 17.2 Å². The molecule has 2 aliphatic heterocycles. The van der Waals surface area contributed by atoms with Crippen LogP contribution in [0.2, 0.25) is 0 Å². The van der Waals surface area contributed by atoms with Gasteiger partial charge in [0.1, 0.15) is 0 Å². The summed E-state index contributed by atoms with van der Waals surface area (Å²) in [6, 6.07) is 0.0765. The van der Waals surface area contributed by atoms with E-state index in [1.165, 1.54) is 19.3 Å². The van der Waals surface area contributed by atoms with Crippen LogP contribution in [0.25, 0.3) is 0 Å². The molecular formula is C39H61N3O6. The molecule has 48 heavy (non-hydrogen) atoms. The van der Waals surface area contributed by atoms with Gasteiger partial charge in [-0.2, -0.15) is 0 Å². The number of aliphatic hydroxyl groups excluding tert-OH is 1. The number of allylic oxidation sites excluding steroid dienone is 2. The average molecular weight is 668 g/mol. The Labute approximate surface area is 287 Å². The Kier molecular flexibility index (Phi) is 11.0. The van der Waals surface area contributed by atoms with Crippen LogP contribution >= 0.6 is 0 Å². The summed E-state index contributed by atoms with van der Waals surface area (Å²) in [7, 11) is 0. The van der Waals surface area contributed by atoms with Gasteiger partial charge in [0.25, 0.3) is 5.60 Å². The molecule has 4 aliphatic carbocycles. The molecule has 2 saturated heterocycles. The number of ether oxygens (including phenoxy) is 2. The Hall–Kier alpha value is -1.91. The third-order valence-electron chi connectivity index (χ3n) is 13.5. The number of Topliss-reactive ketones (excluding diaryl/α,β-unsaturated/α-hetero) is 2. The number of nitrogens with one attached hydrogen (secondary N) is 2. The first-order chi connectivity index (χ1) is 23.1. The molecule has 0 amide bonds. The molecule has 2 heterocycles. The maximum absolute atomic E-state index is 14.5. The van der Waals surface area contributed by atoms with Crippen LogP contribution in [0.15, 0.2) is 23.3 Å². The maximum Gasteiger partial charge on any atom is 0.350 e. The van der Waals surface area contributed by atoms with Crippen LogP contribution in [0.5, 0.6) is 0 Å². The molecule has 9 unspecified atom stereocenters. The molecule has 6 aliphatic rings. The number of nitrogens with two attached hydrogens (primary N) is 1. The minimum atomic E-state index is -1.92. The highest BCUT2D eigenvalue weighted by atomic mass is 16.7. The Balaban J connectivity index is 1.27. The Morgan fingerprint density at radius 2 is 1.75 bits per heavy atom. The van der Waals surface area contributed by atoms with E-state index >= 15 is 0 Å². The van der Waals surface area contributed by atoms with Crippen molar-refractivity contribution in [3.05, 3.63) is 23.3 Å². The van der Waals surface area contributed by atoms with Gasteiger partial charge in [0, 0.05) is 30.2 Å². The number of ketones is 2.